The Bertz CT molecular complexity index is 545. The van der Waals surface area contributed by atoms with E-state index in [0.29, 0.717) is 10.9 Å². The first-order valence-electron chi connectivity index (χ1n) is 4.88. The number of benzene rings is 1. The summed E-state index contributed by atoms with van der Waals surface area (Å²) in [5.41, 5.74) is 0.925. The fourth-order valence-corrected chi connectivity index (χ4v) is 1.54. The van der Waals surface area contributed by atoms with E-state index in [9.17, 15) is 18.0 Å². The molecule has 1 aromatic heterocycles. The fraction of sp³-hybridized carbons (Fsp3) is 0.182. The Morgan fingerprint density at radius 3 is 2.71 bits per heavy atom. The van der Waals surface area contributed by atoms with Gasteiger partial charge in [-0.25, -0.2) is 0 Å². The zero-order valence-electron chi connectivity index (χ0n) is 8.64. The number of halogens is 3. The quantitative estimate of drug-likeness (QED) is 0.834. The number of rotatable bonds is 2. The Balaban J connectivity index is 2.20. The van der Waals surface area contributed by atoms with Crippen LogP contribution in [-0.2, 0) is 0 Å². The van der Waals surface area contributed by atoms with Gasteiger partial charge >= 0.3 is 6.18 Å². The molecule has 0 aliphatic carbocycles. The topological polar surface area (TPSA) is 44.9 Å². The number of carbonyl (C=O) groups is 1. The van der Waals surface area contributed by atoms with E-state index in [2.05, 4.69) is 4.98 Å². The molecule has 0 saturated heterocycles. The number of hydrogen-bond donors (Lipinski definition) is 2. The minimum atomic E-state index is -4.40. The average molecular weight is 242 g/mol. The van der Waals surface area contributed by atoms with Gasteiger partial charge in [0.2, 0.25) is 0 Å². The zero-order chi connectivity index (χ0) is 12.5. The molecule has 2 N–H and O–H groups in total. The molecule has 6 heteroatoms. The summed E-state index contributed by atoms with van der Waals surface area (Å²) in [6, 6.07) is 6.91. The minimum Gasteiger partial charge on any atom is -0.360 e. The SMILES string of the molecule is O=C(NCC(F)(F)F)c1c[nH]c2ccccc12. The van der Waals surface area contributed by atoms with E-state index in [1.807, 2.05) is 5.32 Å². The van der Waals surface area contributed by atoms with Gasteiger partial charge in [0.25, 0.3) is 5.91 Å². The van der Waals surface area contributed by atoms with Crippen LogP contribution in [0.4, 0.5) is 13.2 Å². The lowest BCUT2D eigenvalue weighted by Crippen LogP contribution is -2.33. The second-order valence-corrected chi connectivity index (χ2v) is 3.55. The maximum absolute atomic E-state index is 11.9. The summed E-state index contributed by atoms with van der Waals surface area (Å²) >= 11 is 0. The molecule has 1 amide bonds. The van der Waals surface area contributed by atoms with Crippen LogP contribution in [0.15, 0.2) is 30.5 Å². The highest BCUT2D eigenvalue weighted by Gasteiger charge is 2.28. The molecule has 90 valence electrons. The highest BCUT2D eigenvalue weighted by atomic mass is 19.4. The van der Waals surface area contributed by atoms with Crippen molar-refractivity contribution in [3.05, 3.63) is 36.0 Å². The number of H-pyrrole nitrogens is 1. The van der Waals surface area contributed by atoms with Crippen LogP contribution in [0.1, 0.15) is 10.4 Å². The molecule has 0 unspecified atom stereocenters. The fourth-order valence-electron chi connectivity index (χ4n) is 1.54. The van der Waals surface area contributed by atoms with E-state index in [0.717, 1.165) is 0 Å². The summed E-state index contributed by atoms with van der Waals surface area (Å²) in [6.07, 6.45) is -3.00. The van der Waals surface area contributed by atoms with E-state index < -0.39 is 18.6 Å². The zero-order valence-corrected chi connectivity index (χ0v) is 8.64. The molecule has 0 atom stereocenters. The van der Waals surface area contributed by atoms with Gasteiger partial charge in [0.1, 0.15) is 6.54 Å². The third-order valence-electron chi connectivity index (χ3n) is 2.28. The normalized spacial score (nSPS) is 11.7. The second kappa shape index (κ2) is 4.12. The van der Waals surface area contributed by atoms with E-state index in [-0.39, 0.29) is 5.56 Å². The lowest BCUT2D eigenvalue weighted by molar-refractivity contribution is -0.123. The summed E-state index contributed by atoms with van der Waals surface area (Å²) in [7, 11) is 0. The van der Waals surface area contributed by atoms with Gasteiger partial charge in [0, 0.05) is 17.1 Å². The molecular formula is C11H9F3N2O. The number of hydrogen-bond acceptors (Lipinski definition) is 1. The van der Waals surface area contributed by atoms with Crippen LogP contribution >= 0.6 is 0 Å². The summed E-state index contributed by atoms with van der Waals surface area (Å²) in [4.78, 5) is 14.4. The third-order valence-corrected chi connectivity index (χ3v) is 2.28. The van der Waals surface area contributed by atoms with Crippen LogP contribution in [-0.4, -0.2) is 23.6 Å². The first kappa shape index (κ1) is 11.5. The van der Waals surface area contributed by atoms with E-state index in [1.165, 1.54) is 6.20 Å². The van der Waals surface area contributed by atoms with Crippen LogP contribution < -0.4 is 5.32 Å². The Morgan fingerprint density at radius 1 is 1.29 bits per heavy atom. The smallest absolute Gasteiger partial charge is 0.360 e. The largest absolute Gasteiger partial charge is 0.405 e. The van der Waals surface area contributed by atoms with Crippen molar-refractivity contribution in [1.29, 1.82) is 0 Å². The first-order chi connectivity index (χ1) is 7.97. The van der Waals surface area contributed by atoms with Crippen molar-refractivity contribution in [3.63, 3.8) is 0 Å². The number of nitrogens with one attached hydrogen (secondary N) is 2. The monoisotopic (exact) mass is 242 g/mol. The van der Waals surface area contributed by atoms with Gasteiger partial charge in [-0.3, -0.25) is 4.79 Å². The van der Waals surface area contributed by atoms with Crippen molar-refractivity contribution in [2.75, 3.05) is 6.54 Å². The van der Waals surface area contributed by atoms with Crippen LogP contribution in [0.25, 0.3) is 10.9 Å². The van der Waals surface area contributed by atoms with Gasteiger partial charge in [0.05, 0.1) is 5.56 Å². The van der Waals surface area contributed by atoms with E-state index >= 15 is 0 Å². The maximum Gasteiger partial charge on any atom is 0.405 e. The molecule has 0 spiro atoms. The van der Waals surface area contributed by atoms with Crippen molar-refractivity contribution in [1.82, 2.24) is 10.3 Å². The van der Waals surface area contributed by atoms with E-state index in [4.69, 9.17) is 0 Å². The number of para-hydroxylation sites is 1. The minimum absolute atomic E-state index is 0.213. The molecule has 0 bridgehead atoms. The number of aromatic nitrogens is 1. The second-order valence-electron chi connectivity index (χ2n) is 3.55. The standard InChI is InChI=1S/C11H9F3N2O/c12-11(13,14)6-16-10(17)8-5-15-9-4-2-1-3-7(8)9/h1-5,15H,6H2,(H,16,17). The van der Waals surface area contributed by atoms with Crippen molar-refractivity contribution in [3.8, 4) is 0 Å². The molecule has 0 aliphatic rings. The molecule has 3 nitrogen and oxygen atoms in total. The molecule has 0 fully saturated rings. The van der Waals surface area contributed by atoms with Gasteiger partial charge in [0.15, 0.2) is 0 Å². The molecule has 2 aromatic rings. The average Bonchev–Trinajstić information content (AvgIpc) is 2.68. The Morgan fingerprint density at radius 2 is 2.00 bits per heavy atom. The molecule has 1 aromatic carbocycles. The summed E-state index contributed by atoms with van der Waals surface area (Å²) in [5.74, 6) is -0.736. The molecular weight excluding hydrogens is 233 g/mol. The molecule has 17 heavy (non-hydrogen) atoms. The lowest BCUT2D eigenvalue weighted by atomic mass is 10.1. The predicted octanol–water partition coefficient (Wildman–Crippen LogP) is 2.46. The predicted molar refractivity (Wildman–Crippen MR) is 56.7 cm³/mol. The Hall–Kier alpha value is -1.98. The highest BCUT2D eigenvalue weighted by Crippen LogP contribution is 2.18. The summed E-state index contributed by atoms with van der Waals surface area (Å²) in [5, 5.41) is 2.44. The van der Waals surface area contributed by atoms with Crippen molar-refractivity contribution >= 4 is 16.8 Å². The van der Waals surface area contributed by atoms with Crippen LogP contribution in [0.5, 0.6) is 0 Å². The van der Waals surface area contributed by atoms with Crippen molar-refractivity contribution < 1.29 is 18.0 Å². The number of carbonyl (C=O) groups excluding carboxylic acids is 1. The highest BCUT2D eigenvalue weighted by molar-refractivity contribution is 6.06. The van der Waals surface area contributed by atoms with Crippen LogP contribution in [0.2, 0.25) is 0 Å². The molecule has 1 heterocycles. The van der Waals surface area contributed by atoms with Crippen LogP contribution in [0, 0.1) is 0 Å². The van der Waals surface area contributed by atoms with Crippen molar-refractivity contribution in [2.45, 2.75) is 6.18 Å². The van der Waals surface area contributed by atoms with Crippen LogP contribution in [0.3, 0.4) is 0 Å². The molecule has 0 radical (unpaired) electrons. The first-order valence-corrected chi connectivity index (χ1v) is 4.88. The van der Waals surface area contributed by atoms with Gasteiger partial charge in [-0.05, 0) is 6.07 Å². The maximum atomic E-state index is 11.9. The van der Waals surface area contributed by atoms with Gasteiger partial charge in [-0.1, -0.05) is 18.2 Å². The summed E-state index contributed by atoms with van der Waals surface area (Å²) < 4.78 is 35.8. The third kappa shape index (κ3) is 2.58. The summed E-state index contributed by atoms with van der Waals surface area (Å²) in [6.45, 7) is -1.33. The molecule has 0 aliphatic heterocycles. The molecule has 2 rings (SSSR count). The van der Waals surface area contributed by atoms with Gasteiger partial charge in [-0.2, -0.15) is 13.2 Å². The van der Waals surface area contributed by atoms with Gasteiger partial charge < -0.3 is 10.3 Å². The number of fused-ring (bicyclic) bond motifs is 1. The van der Waals surface area contributed by atoms with Gasteiger partial charge in [-0.15, -0.1) is 0 Å². The molecule has 0 saturated carbocycles. The lowest BCUT2D eigenvalue weighted by Gasteiger charge is -2.07. The Labute approximate surface area is 94.6 Å². The number of alkyl halides is 3. The van der Waals surface area contributed by atoms with Crippen molar-refractivity contribution in [2.24, 2.45) is 0 Å². The number of amides is 1. The number of aromatic amines is 1. The van der Waals surface area contributed by atoms with E-state index in [1.54, 1.807) is 24.3 Å². The Kier molecular flexibility index (Phi) is 2.79.